The molecular weight excluding hydrogens is 292 g/mol. The van der Waals surface area contributed by atoms with E-state index in [1.165, 1.54) is 0 Å². The molecule has 0 radical (unpaired) electrons. The summed E-state index contributed by atoms with van der Waals surface area (Å²) in [5.74, 6) is 1.11. The molecule has 2 aliphatic heterocycles. The minimum atomic E-state index is -0.0639. The number of amides is 1. The topological polar surface area (TPSA) is 78.6 Å². The molecule has 1 amide bonds. The first kappa shape index (κ1) is 16.1. The van der Waals surface area contributed by atoms with Gasteiger partial charge in [0.15, 0.2) is 0 Å². The Bertz CT molecular complexity index is 596. The predicted octanol–water partition coefficient (Wildman–Crippen LogP) is 0.0184. The number of hydrogen-bond donors (Lipinski definition) is 1. The van der Waals surface area contributed by atoms with Crippen LogP contribution in [-0.4, -0.2) is 78.0 Å². The van der Waals surface area contributed by atoms with Crippen molar-refractivity contribution in [1.29, 1.82) is 0 Å². The van der Waals surface area contributed by atoms with Crippen LogP contribution in [0.1, 0.15) is 28.3 Å². The van der Waals surface area contributed by atoms with E-state index in [0.29, 0.717) is 5.82 Å². The van der Waals surface area contributed by atoms with E-state index < -0.39 is 0 Å². The molecule has 2 aliphatic rings. The molecule has 2 N–H and O–H groups in total. The third-order valence-electron chi connectivity index (χ3n) is 4.87. The highest BCUT2D eigenvalue weighted by Gasteiger charge is 2.27. The summed E-state index contributed by atoms with van der Waals surface area (Å²) in [4.78, 5) is 28.0. The quantitative estimate of drug-likeness (QED) is 0.828. The average Bonchev–Trinajstić information content (AvgIpc) is 2.96. The molecule has 0 unspecified atom stereocenters. The second kappa shape index (κ2) is 6.41. The van der Waals surface area contributed by atoms with E-state index in [1.807, 2.05) is 18.7 Å². The summed E-state index contributed by atoms with van der Waals surface area (Å²) in [6.45, 7) is 8.88. The van der Waals surface area contributed by atoms with E-state index in [9.17, 15) is 4.79 Å². The SMILES string of the molecule is Cc1nc(C(=O)N2CCN(C)CC2)nc(N2CC[C@@H](N)C2)c1C. The number of rotatable bonds is 2. The summed E-state index contributed by atoms with van der Waals surface area (Å²) < 4.78 is 0. The van der Waals surface area contributed by atoms with Gasteiger partial charge in [-0.25, -0.2) is 9.97 Å². The number of carbonyl (C=O) groups is 1. The van der Waals surface area contributed by atoms with Crippen LogP contribution in [0.25, 0.3) is 0 Å². The van der Waals surface area contributed by atoms with Crippen LogP contribution >= 0.6 is 0 Å². The molecule has 7 heteroatoms. The van der Waals surface area contributed by atoms with Crippen LogP contribution in [0.15, 0.2) is 0 Å². The third-order valence-corrected chi connectivity index (χ3v) is 4.87. The third kappa shape index (κ3) is 3.30. The Hall–Kier alpha value is -1.73. The van der Waals surface area contributed by atoms with Gasteiger partial charge in [-0.2, -0.15) is 0 Å². The zero-order chi connectivity index (χ0) is 16.6. The van der Waals surface area contributed by atoms with Gasteiger partial charge >= 0.3 is 0 Å². The van der Waals surface area contributed by atoms with Crippen molar-refractivity contribution in [3.63, 3.8) is 0 Å². The number of nitrogens with zero attached hydrogens (tertiary/aromatic N) is 5. The molecule has 0 aliphatic carbocycles. The summed E-state index contributed by atoms with van der Waals surface area (Å²) in [5.41, 5.74) is 7.92. The number of hydrogen-bond acceptors (Lipinski definition) is 6. The monoisotopic (exact) mass is 318 g/mol. The van der Waals surface area contributed by atoms with Gasteiger partial charge in [0.25, 0.3) is 5.91 Å². The maximum atomic E-state index is 12.7. The Balaban J connectivity index is 1.85. The number of nitrogens with two attached hydrogens (primary N) is 1. The fraction of sp³-hybridized carbons (Fsp3) is 0.688. The van der Waals surface area contributed by atoms with E-state index in [-0.39, 0.29) is 11.9 Å². The molecule has 3 rings (SSSR count). The highest BCUT2D eigenvalue weighted by atomic mass is 16.2. The first-order chi connectivity index (χ1) is 11.0. The number of anilines is 1. The van der Waals surface area contributed by atoms with Crippen LogP contribution in [0.2, 0.25) is 0 Å². The smallest absolute Gasteiger partial charge is 0.291 e. The Kier molecular flexibility index (Phi) is 4.50. The van der Waals surface area contributed by atoms with Gasteiger partial charge in [0.05, 0.1) is 0 Å². The van der Waals surface area contributed by atoms with E-state index >= 15 is 0 Å². The summed E-state index contributed by atoms with van der Waals surface area (Å²) in [7, 11) is 2.07. The second-order valence-electron chi connectivity index (χ2n) is 6.67. The van der Waals surface area contributed by atoms with Crippen molar-refractivity contribution < 1.29 is 4.79 Å². The number of aromatic nitrogens is 2. The molecule has 0 aromatic carbocycles. The fourth-order valence-corrected chi connectivity index (χ4v) is 3.15. The number of carbonyl (C=O) groups excluding carboxylic acids is 1. The van der Waals surface area contributed by atoms with Crippen LogP contribution < -0.4 is 10.6 Å². The lowest BCUT2D eigenvalue weighted by molar-refractivity contribution is 0.0651. The van der Waals surface area contributed by atoms with Crippen LogP contribution in [-0.2, 0) is 0 Å². The van der Waals surface area contributed by atoms with E-state index in [1.54, 1.807) is 0 Å². The van der Waals surface area contributed by atoms with Gasteiger partial charge in [0.1, 0.15) is 5.82 Å². The maximum absolute atomic E-state index is 12.7. The lowest BCUT2D eigenvalue weighted by atomic mass is 10.2. The van der Waals surface area contributed by atoms with Crippen LogP contribution in [0.4, 0.5) is 5.82 Å². The number of likely N-dealkylation sites (N-methyl/N-ethyl adjacent to an activating group) is 1. The van der Waals surface area contributed by atoms with Crippen molar-refractivity contribution in [2.24, 2.45) is 5.73 Å². The molecule has 0 spiro atoms. The van der Waals surface area contributed by atoms with Crippen molar-refractivity contribution >= 4 is 11.7 Å². The van der Waals surface area contributed by atoms with E-state index in [0.717, 1.165) is 62.8 Å². The first-order valence-corrected chi connectivity index (χ1v) is 8.29. The summed E-state index contributed by atoms with van der Waals surface area (Å²) in [5, 5.41) is 0. The number of piperazine rings is 1. The Labute approximate surface area is 137 Å². The lowest BCUT2D eigenvalue weighted by Gasteiger charge is -2.32. The van der Waals surface area contributed by atoms with Gasteiger partial charge in [-0.05, 0) is 27.3 Å². The standard InChI is InChI=1S/C16H26N6O/c1-11-12(2)18-14(16(23)21-8-6-20(3)7-9-21)19-15(11)22-5-4-13(17)10-22/h13H,4-10,17H2,1-3H3/t13-/m1/s1. The largest absolute Gasteiger partial charge is 0.355 e. The zero-order valence-corrected chi connectivity index (χ0v) is 14.2. The molecule has 0 saturated carbocycles. The molecule has 0 bridgehead atoms. The highest BCUT2D eigenvalue weighted by molar-refractivity contribution is 5.91. The predicted molar refractivity (Wildman–Crippen MR) is 89.7 cm³/mol. The van der Waals surface area contributed by atoms with Crippen molar-refractivity contribution in [2.45, 2.75) is 26.3 Å². The molecule has 1 aromatic heterocycles. The molecule has 2 fully saturated rings. The fourth-order valence-electron chi connectivity index (χ4n) is 3.15. The highest BCUT2D eigenvalue weighted by Crippen LogP contribution is 2.23. The molecule has 23 heavy (non-hydrogen) atoms. The van der Waals surface area contributed by atoms with Gasteiger partial charge in [-0.3, -0.25) is 4.79 Å². The van der Waals surface area contributed by atoms with Gasteiger partial charge in [0.2, 0.25) is 5.82 Å². The van der Waals surface area contributed by atoms with Crippen molar-refractivity contribution in [1.82, 2.24) is 19.8 Å². The Morgan fingerprint density at radius 2 is 1.83 bits per heavy atom. The zero-order valence-electron chi connectivity index (χ0n) is 14.2. The summed E-state index contributed by atoms with van der Waals surface area (Å²) in [6.07, 6.45) is 0.963. The van der Waals surface area contributed by atoms with Gasteiger partial charge in [0, 0.05) is 56.6 Å². The van der Waals surface area contributed by atoms with Gasteiger partial charge in [-0.15, -0.1) is 0 Å². The van der Waals surface area contributed by atoms with Crippen LogP contribution in [0.5, 0.6) is 0 Å². The van der Waals surface area contributed by atoms with Crippen LogP contribution in [0.3, 0.4) is 0 Å². The molecule has 7 nitrogen and oxygen atoms in total. The molecule has 3 heterocycles. The van der Waals surface area contributed by atoms with Crippen molar-refractivity contribution in [3.8, 4) is 0 Å². The molecular formula is C16H26N6O. The average molecular weight is 318 g/mol. The van der Waals surface area contributed by atoms with Gasteiger partial charge in [-0.1, -0.05) is 0 Å². The van der Waals surface area contributed by atoms with E-state index in [2.05, 4.69) is 26.8 Å². The molecule has 1 aromatic rings. The molecule has 1 atom stereocenters. The minimum absolute atomic E-state index is 0.0639. The lowest BCUT2D eigenvalue weighted by Crippen LogP contribution is -2.47. The van der Waals surface area contributed by atoms with Gasteiger partial charge < -0.3 is 20.4 Å². The summed E-state index contributed by atoms with van der Waals surface area (Å²) in [6, 6.07) is 0.182. The van der Waals surface area contributed by atoms with Crippen molar-refractivity contribution in [3.05, 3.63) is 17.1 Å². The van der Waals surface area contributed by atoms with E-state index in [4.69, 9.17) is 5.73 Å². The van der Waals surface area contributed by atoms with Crippen molar-refractivity contribution in [2.75, 3.05) is 51.2 Å². The number of aryl methyl sites for hydroxylation is 1. The Morgan fingerprint density at radius 1 is 1.13 bits per heavy atom. The Morgan fingerprint density at radius 3 is 2.43 bits per heavy atom. The first-order valence-electron chi connectivity index (χ1n) is 8.29. The maximum Gasteiger partial charge on any atom is 0.291 e. The normalized spacial score (nSPS) is 22.7. The van der Waals surface area contributed by atoms with Crippen LogP contribution in [0, 0.1) is 13.8 Å². The summed E-state index contributed by atoms with van der Waals surface area (Å²) >= 11 is 0. The second-order valence-corrected chi connectivity index (χ2v) is 6.67. The minimum Gasteiger partial charge on any atom is -0.355 e. The molecule has 2 saturated heterocycles. The molecule has 126 valence electrons.